The van der Waals surface area contributed by atoms with E-state index in [4.69, 9.17) is 4.74 Å². The van der Waals surface area contributed by atoms with Crippen LogP contribution in [0.2, 0.25) is 0 Å². The highest BCUT2D eigenvalue weighted by atomic mass is 19.1. The lowest BCUT2D eigenvalue weighted by molar-refractivity contribution is -0.116. The Morgan fingerprint density at radius 3 is 2.60 bits per heavy atom. The molecule has 1 N–H and O–H groups in total. The fourth-order valence-corrected chi connectivity index (χ4v) is 3.50. The van der Waals surface area contributed by atoms with Crippen molar-refractivity contribution in [3.8, 4) is 5.75 Å². The van der Waals surface area contributed by atoms with Crippen LogP contribution in [0.25, 0.3) is 10.9 Å². The van der Waals surface area contributed by atoms with Crippen molar-refractivity contribution in [1.29, 1.82) is 0 Å². The molecule has 0 fully saturated rings. The van der Waals surface area contributed by atoms with Crippen LogP contribution in [0.5, 0.6) is 5.75 Å². The maximum absolute atomic E-state index is 13.2. The van der Waals surface area contributed by atoms with E-state index in [1.807, 2.05) is 18.2 Å². The van der Waals surface area contributed by atoms with Gasteiger partial charge in [-0.2, -0.15) is 0 Å². The standard InChI is InChI=1S/C24H22FN3O2/c1-30-21-7-8-23-22(14-21)18(4-9-24(29)27-20-10-12-26-13-11-20)16-28(23)15-17-2-5-19(25)6-3-17/h2-3,5-8,10-14,16H,4,9,15H2,1H3,(H,26,27,29). The molecule has 0 radical (unpaired) electrons. The number of benzene rings is 2. The van der Waals surface area contributed by atoms with Crippen LogP contribution in [0.15, 0.2) is 73.2 Å². The summed E-state index contributed by atoms with van der Waals surface area (Å²) in [5.74, 6) is 0.467. The molecule has 2 aromatic carbocycles. The molecule has 2 aromatic heterocycles. The summed E-state index contributed by atoms with van der Waals surface area (Å²) in [6.07, 6.45) is 6.30. The van der Waals surface area contributed by atoms with Gasteiger partial charge in [-0.05, 0) is 60.0 Å². The minimum Gasteiger partial charge on any atom is -0.497 e. The van der Waals surface area contributed by atoms with Crippen LogP contribution in [0.3, 0.4) is 0 Å². The first kappa shape index (κ1) is 19.6. The van der Waals surface area contributed by atoms with Crippen molar-refractivity contribution >= 4 is 22.5 Å². The van der Waals surface area contributed by atoms with E-state index in [-0.39, 0.29) is 11.7 Å². The number of nitrogens with zero attached hydrogens (tertiary/aromatic N) is 2. The molecule has 6 heteroatoms. The lowest BCUT2D eigenvalue weighted by Gasteiger charge is -2.06. The molecule has 0 aliphatic carbocycles. The molecule has 0 saturated heterocycles. The fraction of sp³-hybridized carbons (Fsp3) is 0.167. The Hall–Kier alpha value is -3.67. The van der Waals surface area contributed by atoms with Crippen molar-refractivity contribution in [2.24, 2.45) is 0 Å². The van der Waals surface area contributed by atoms with Gasteiger partial charge in [0, 0.05) is 48.1 Å². The van der Waals surface area contributed by atoms with Gasteiger partial charge in [-0.15, -0.1) is 0 Å². The Morgan fingerprint density at radius 2 is 1.87 bits per heavy atom. The van der Waals surface area contributed by atoms with Crippen LogP contribution in [-0.4, -0.2) is 22.6 Å². The zero-order valence-corrected chi connectivity index (χ0v) is 16.6. The number of carbonyl (C=O) groups excluding carboxylic acids is 1. The number of hydrogen-bond donors (Lipinski definition) is 1. The van der Waals surface area contributed by atoms with Crippen molar-refractivity contribution < 1.29 is 13.9 Å². The number of rotatable bonds is 7. The zero-order valence-electron chi connectivity index (χ0n) is 16.6. The molecule has 0 atom stereocenters. The average molecular weight is 403 g/mol. The summed E-state index contributed by atoms with van der Waals surface area (Å²) in [5.41, 5.74) is 3.85. The van der Waals surface area contributed by atoms with Gasteiger partial charge in [0.15, 0.2) is 0 Å². The second-order valence-corrected chi connectivity index (χ2v) is 7.08. The smallest absolute Gasteiger partial charge is 0.224 e. The van der Waals surface area contributed by atoms with Gasteiger partial charge in [-0.25, -0.2) is 4.39 Å². The fourth-order valence-electron chi connectivity index (χ4n) is 3.50. The number of pyridine rings is 1. The summed E-state index contributed by atoms with van der Waals surface area (Å²) in [6.45, 7) is 0.617. The van der Waals surface area contributed by atoms with Crippen molar-refractivity contribution in [1.82, 2.24) is 9.55 Å². The van der Waals surface area contributed by atoms with Crippen LogP contribution in [0.1, 0.15) is 17.5 Å². The molecule has 0 spiro atoms. The summed E-state index contributed by atoms with van der Waals surface area (Å²) < 4.78 is 20.7. The van der Waals surface area contributed by atoms with Gasteiger partial charge in [0.2, 0.25) is 5.91 Å². The minimum atomic E-state index is -0.248. The summed E-state index contributed by atoms with van der Waals surface area (Å²) in [4.78, 5) is 16.3. The highest BCUT2D eigenvalue weighted by Gasteiger charge is 2.12. The Kier molecular flexibility index (Phi) is 5.75. The number of amides is 1. The van der Waals surface area contributed by atoms with Crippen molar-refractivity contribution in [2.45, 2.75) is 19.4 Å². The van der Waals surface area contributed by atoms with E-state index in [9.17, 15) is 9.18 Å². The van der Waals surface area contributed by atoms with E-state index in [2.05, 4.69) is 21.1 Å². The van der Waals surface area contributed by atoms with Crippen LogP contribution in [-0.2, 0) is 17.8 Å². The number of nitrogens with one attached hydrogen (secondary N) is 1. The van der Waals surface area contributed by atoms with E-state index in [1.165, 1.54) is 12.1 Å². The average Bonchev–Trinajstić information content (AvgIpc) is 3.11. The molecule has 0 bridgehead atoms. The second kappa shape index (κ2) is 8.78. The predicted octanol–water partition coefficient (Wildman–Crippen LogP) is 4.80. The number of carbonyl (C=O) groups is 1. The Morgan fingerprint density at radius 1 is 1.10 bits per heavy atom. The molecular formula is C24H22FN3O2. The summed E-state index contributed by atoms with van der Waals surface area (Å²) in [6, 6.07) is 15.9. The van der Waals surface area contributed by atoms with E-state index < -0.39 is 0 Å². The number of ether oxygens (including phenoxy) is 1. The molecule has 5 nitrogen and oxygen atoms in total. The summed E-state index contributed by atoms with van der Waals surface area (Å²) in [5, 5.41) is 3.94. The molecule has 1 amide bonds. The van der Waals surface area contributed by atoms with Gasteiger partial charge < -0.3 is 14.6 Å². The molecular weight excluding hydrogens is 381 g/mol. The lowest BCUT2D eigenvalue weighted by Crippen LogP contribution is -2.12. The number of halogens is 1. The number of anilines is 1. The maximum atomic E-state index is 13.2. The van der Waals surface area contributed by atoms with E-state index in [1.54, 1.807) is 43.8 Å². The lowest BCUT2D eigenvalue weighted by atomic mass is 10.1. The normalized spacial score (nSPS) is 10.9. The first-order valence-electron chi connectivity index (χ1n) is 9.72. The second-order valence-electron chi connectivity index (χ2n) is 7.08. The third kappa shape index (κ3) is 4.49. The number of aryl methyl sites for hydroxylation is 1. The maximum Gasteiger partial charge on any atom is 0.224 e. The highest BCUT2D eigenvalue weighted by molar-refractivity contribution is 5.91. The molecule has 0 aliphatic rings. The quantitative estimate of drug-likeness (QED) is 0.482. The Labute approximate surface area is 174 Å². The number of hydrogen-bond acceptors (Lipinski definition) is 3. The van der Waals surface area contributed by atoms with Crippen LogP contribution < -0.4 is 10.1 Å². The first-order chi connectivity index (χ1) is 14.6. The molecule has 2 heterocycles. The molecule has 4 rings (SSSR count). The molecule has 0 aliphatic heterocycles. The summed E-state index contributed by atoms with van der Waals surface area (Å²) in [7, 11) is 1.64. The highest BCUT2D eigenvalue weighted by Crippen LogP contribution is 2.28. The van der Waals surface area contributed by atoms with E-state index in [0.717, 1.165) is 33.5 Å². The zero-order chi connectivity index (χ0) is 20.9. The van der Waals surface area contributed by atoms with Crippen molar-refractivity contribution in [3.63, 3.8) is 0 Å². The minimum absolute atomic E-state index is 0.0523. The van der Waals surface area contributed by atoms with Gasteiger partial charge in [-0.3, -0.25) is 9.78 Å². The number of aromatic nitrogens is 2. The van der Waals surface area contributed by atoms with E-state index >= 15 is 0 Å². The van der Waals surface area contributed by atoms with Gasteiger partial charge in [0.1, 0.15) is 11.6 Å². The van der Waals surface area contributed by atoms with Gasteiger partial charge in [0.25, 0.3) is 0 Å². The SMILES string of the molecule is COc1ccc2c(c1)c(CCC(=O)Nc1ccncc1)cn2Cc1ccc(F)cc1. The predicted molar refractivity (Wildman–Crippen MR) is 115 cm³/mol. The topological polar surface area (TPSA) is 56.1 Å². The third-order valence-corrected chi connectivity index (χ3v) is 5.02. The molecule has 152 valence electrons. The number of methoxy groups -OCH3 is 1. The van der Waals surface area contributed by atoms with Gasteiger partial charge >= 0.3 is 0 Å². The van der Waals surface area contributed by atoms with Crippen LogP contribution in [0.4, 0.5) is 10.1 Å². The third-order valence-electron chi connectivity index (χ3n) is 5.02. The summed E-state index contributed by atoms with van der Waals surface area (Å²) >= 11 is 0. The monoisotopic (exact) mass is 403 g/mol. The number of fused-ring (bicyclic) bond motifs is 1. The van der Waals surface area contributed by atoms with Gasteiger partial charge in [0.05, 0.1) is 7.11 Å². The van der Waals surface area contributed by atoms with Gasteiger partial charge in [-0.1, -0.05) is 12.1 Å². The first-order valence-corrected chi connectivity index (χ1v) is 9.72. The van der Waals surface area contributed by atoms with E-state index in [0.29, 0.717) is 19.4 Å². The van der Waals surface area contributed by atoms with Crippen molar-refractivity contribution in [3.05, 3.63) is 90.1 Å². The van der Waals surface area contributed by atoms with Crippen LogP contribution in [0, 0.1) is 5.82 Å². The molecule has 30 heavy (non-hydrogen) atoms. The Balaban J connectivity index is 1.56. The van der Waals surface area contributed by atoms with Crippen molar-refractivity contribution in [2.75, 3.05) is 12.4 Å². The molecule has 0 unspecified atom stereocenters. The Bertz CT molecular complexity index is 1150. The molecule has 4 aromatic rings. The molecule has 0 saturated carbocycles. The largest absolute Gasteiger partial charge is 0.497 e. The van der Waals surface area contributed by atoms with Crippen LogP contribution >= 0.6 is 0 Å².